The van der Waals surface area contributed by atoms with Crippen molar-refractivity contribution >= 4 is 61.8 Å². The van der Waals surface area contributed by atoms with Gasteiger partial charge in [0.25, 0.3) is 10.0 Å². The number of ether oxygens (including phenoxy) is 2. The standard InChI is InChI=1S/C26H33N7O9S2/c1-14(34)30-21-13-29-25(43-21)44(38,39)33-19(23(36)40-5)12-28-20(35)11-17-10-18(32-42-17)15-6-8-16(9-7-15)22(27)31-24(37)41-26(2,3)4/h6-9,13,17,19,33H,10-12H2,1-5H3,(H,28,35)(H,30,34)(H2,27,31,37)/t17?,19-/m0/s1. The molecule has 44 heavy (non-hydrogen) atoms. The minimum Gasteiger partial charge on any atom is -0.468 e. The molecule has 2 heterocycles. The summed E-state index contributed by atoms with van der Waals surface area (Å²) in [4.78, 5) is 60.9. The van der Waals surface area contributed by atoms with Crippen LogP contribution in [0.3, 0.4) is 0 Å². The van der Waals surface area contributed by atoms with Crippen molar-refractivity contribution in [2.75, 3.05) is 19.0 Å². The summed E-state index contributed by atoms with van der Waals surface area (Å²) in [6.07, 6.45) is -0.0891. The smallest absolute Gasteiger partial charge is 0.436 e. The number of amidine groups is 1. The van der Waals surface area contributed by atoms with Crippen LogP contribution in [-0.2, 0) is 38.7 Å². The summed E-state index contributed by atoms with van der Waals surface area (Å²) in [5, 5.41) is 9.16. The van der Waals surface area contributed by atoms with Crippen molar-refractivity contribution in [2.45, 2.75) is 62.6 Å². The number of aliphatic imine (C=N–C) groups is 1. The van der Waals surface area contributed by atoms with E-state index >= 15 is 0 Å². The number of rotatable bonds is 11. The second kappa shape index (κ2) is 14.4. The Morgan fingerprint density at radius 1 is 1.20 bits per heavy atom. The van der Waals surface area contributed by atoms with Gasteiger partial charge in [0.05, 0.1) is 25.4 Å². The molecule has 16 nitrogen and oxygen atoms in total. The number of methoxy groups -OCH3 is 1. The van der Waals surface area contributed by atoms with Crippen LogP contribution in [0.15, 0.2) is 45.0 Å². The van der Waals surface area contributed by atoms with Gasteiger partial charge in [-0.3, -0.25) is 14.4 Å². The monoisotopic (exact) mass is 651 g/mol. The molecule has 238 valence electrons. The number of aromatic nitrogens is 1. The van der Waals surface area contributed by atoms with E-state index in [-0.39, 0.29) is 17.3 Å². The second-order valence-electron chi connectivity index (χ2n) is 10.4. The predicted octanol–water partition coefficient (Wildman–Crippen LogP) is 1.26. The third-order valence-corrected chi connectivity index (χ3v) is 8.34. The number of anilines is 1. The maximum atomic E-state index is 12.7. The van der Waals surface area contributed by atoms with Gasteiger partial charge in [-0.1, -0.05) is 40.8 Å². The first-order chi connectivity index (χ1) is 20.6. The summed E-state index contributed by atoms with van der Waals surface area (Å²) in [5.41, 5.74) is 6.98. The minimum atomic E-state index is -4.29. The summed E-state index contributed by atoms with van der Waals surface area (Å²) in [6, 6.07) is 5.28. The van der Waals surface area contributed by atoms with E-state index in [1.807, 2.05) is 0 Å². The highest BCUT2D eigenvalue weighted by Gasteiger charge is 2.30. The van der Waals surface area contributed by atoms with Gasteiger partial charge in [-0.15, -0.1) is 0 Å². The Balaban J connectivity index is 1.53. The van der Waals surface area contributed by atoms with Crippen LogP contribution in [0.5, 0.6) is 0 Å². The molecule has 1 aliphatic rings. The molecule has 3 rings (SSSR count). The van der Waals surface area contributed by atoms with E-state index in [0.29, 0.717) is 34.6 Å². The molecule has 2 atom stereocenters. The van der Waals surface area contributed by atoms with E-state index in [1.165, 1.54) is 6.92 Å². The molecular weight excluding hydrogens is 618 g/mol. The number of nitrogens with two attached hydrogens (primary N) is 1. The van der Waals surface area contributed by atoms with Crippen LogP contribution < -0.4 is 21.1 Å². The van der Waals surface area contributed by atoms with Crippen LogP contribution in [0.4, 0.5) is 9.80 Å². The Kier molecular flexibility index (Phi) is 11.1. The number of carbonyl (C=O) groups excluding carboxylic acids is 4. The Hall–Kier alpha value is -4.42. The zero-order valence-corrected chi connectivity index (χ0v) is 26.2. The number of carbonyl (C=O) groups is 4. The van der Waals surface area contributed by atoms with Gasteiger partial charge >= 0.3 is 12.1 Å². The average Bonchev–Trinajstić information content (AvgIpc) is 3.59. The molecule has 0 bridgehead atoms. The Labute approximate surface area is 257 Å². The number of sulfonamides is 1. The van der Waals surface area contributed by atoms with Crippen molar-refractivity contribution in [1.82, 2.24) is 15.0 Å². The zero-order chi connectivity index (χ0) is 32.7. The molecule has 1 aliphatic heterocycles. The van der Waals surface area contributed by atoms with Crippen molar-refractivity contribution in [1.29, 1.82) is 0 Å². The van der Waals surface area contributed by atoms with Crippen molar-refractivity contribution in [3.8, 4) is 0 Å². The number of hydrogen-bond donors (Lipinski definition) is 4. The van der Waals surface area contributed by atoms with Crippen LogP contribution in [0.25, 0.3) is 0 Å². The number of nitrogens with one attached hydrogen (secondary N) is 3. The van der Waals surface area contributed by atoms with Gasteiger partial charge in [-0.25, -0.2) is 18.2 Å². The molecule has 0 spiro atoms. The number of hydrogen-bond acceptors (Lipinski definition) is 12. The first-order valence-corrected chi connectivity index (χ1v) is 15.4. The summed E-state index contributed by atoms with van der Waals surface area (Å²) < 4.78 is 37.1. The lowest BCUT2D eigenvalue weighted by Crippen LogP contribution is -2.49. The topological polar surface area (TPSA) is 230 Å². The largest absolute Gasteiger partial charge is 0.468 e. The van der Waals surface area contributed by atoms with E-state index in [4.69, 9.17) is 15.3 Å². The fourth-order valence-electron chi connectivity index (χ4n) is 3.65. The number of nitrogens with zero attached hydrogens (tertiary/aromatic N) is 3. The predicted molar refractivity (Wildman–Crippen MR) is 160 cm³/mol. The van der Waals surface area contributed by atoms with Gasteiger partial charge in [-0.2, -0.15) is 9.71 Å². The molecule has 1 aromatic heterocycles. The van der Waals surface area contributed by atoms with E-state index in [1.54, 1.807) is 45.0 Å². The molecule has 5 N–H and O–H groups in total. The van der Waals surface area contributed by atoms with Gasteiger partial charge in [0, 0.05) is 25.5 Å². The summed E-state index contributed by atoms with van der Waals surface area (Å²) in [7, 11) is -3.21. The molecule has 18 heteroatoms. The van der Waals surface area contributed by atoms with Crippen LogP contribution >= 0.6 is 11.3 Å². The summed E-state index contributed by atoms with van der Waals surface area (Å²) in [5.74, 6) is -1.88. The molecule has 0 radical (unpaired) electrons. The molecule has 3 amide bonds. The van der Waals surface area contributed by atoms with Crippen molar-refractivity contribution in [3.63, 3.8) is 0 Å². The van der Waals surface area contributed by atoms with E-state index < -0.39 is 62.5 Å². The van der Waals surface area contributed by atoms with Gasteiger partial charge in [-0.05, 0) is 26.3 Å². The highest BCUT2D eigenvalue weighted by atomic mass is 32.2. The zero-order valence-electron chi connectivity index (χ0n) is 24.6. The maximum absolute atomic E-state index is 12.7. The molecule has 0 aliphatic carbocycles. The molecule has 0 saturated heterocycles. The van der Waals surface area contributed by atoms with Crippen molar-refractivity contribution < 1.29 is 41.9 Å². The minimum absolute atomic E-state index is 0.0149. The lowest BCUT2D eigenvalue weighted by atomic mass is 10.0. The van der Waals surface area contributed by atoms with Crippen LogP contribution in [-0.4, -0.2) is 80.2 Å². The van der Waals surface area contributed by atoms with Crippen molar-refractivity contribution in [2.24, 2.45) is 15.9 Å². The summed E-state index contributed by atoms with van der Waals surface area (Å²) in [6.45, 7) is 5.99. The highest BCUT2D eigenvalue weighted by Crippen LogP contribution is 2.23. The van der Waals surface area contributed by atoms with E-state index in [2.05, 4.69) is 35.2 Å². The van der Waals surface area contributed by atoms with Gasteiger partial charge in [0.15, 0.2) is 0 Å². The van der Waals surface area contributed by atoms with E-state index in [9.17, 15) is 27.6 Å². The molecule has 2 aromatic rings. The first kappa shape index (κ1) is 34.1. The third-order valence-electron chi connectivity index (χ3n) is 5.57. The lowest BCUT2D eigenvalue weighted by molar-refractivity contribution is -0.142. The highest BCUT2D eigenvalue weighted by molar-refractivity contribution is 7.91. The van der Waals surface area contributed by atoms with Gasteiger partial charge in [0.2, 0.25) is 16.2 Å². The normalized spacial score (nSPS) is 15.9. The lowest BCUT2D eigenvalue weighted by Gasteiger charge is -2.17. The van der Waals surface area contributed by atoms with Crippen LogP contribution in [0.2, 0.25) is 0 Å². The fraction of sp³-hybridized carbons (Fsp3) is 0.423. The number of esters is 1. The SMILES string of the molecule is COC(=O)[C@H](CNC(=O)CC1CC(c2ccc(/C(N)=N\C(=O)OC(C)(C)C)cc2)=NO1)NS(=O)(=O)c1ncc(NC(C)=O)s1. The Bertz CT molecular complexity index is 1560. The first-order valence-electron chi connectivity index (χ1n) is 13.1. The second-order valence-corrected chi connectivity index (χ2v) is 13.3. The van der Waals surface area contributed by atoms with Gasteiger partial charge in [0.1, 0.15) is 28.6 Å². The van der Waals surface area contributed by atoms with Crippen LogP contribution in [0.1, 0.15) is 51.7 Å². The third kappa shape index (κ3) is 10.1. The summed E-state index contributed by atoms with van der Waals surface area (Å²) >= 11 is 0.686. The number of oxime groups is 1. The van der Waals surface area contributed by atoms with Crippen LogP contribution in [0, 0.1) is 0 Å². The maximum Gasteiger partial charge on any atom is 0.436 e. The molecule has 1 aromatic carbocycles. The Morgan fingerprint density at radius 2 is 1.89 bits per heavy atom. The molecule has 0 saturated carbocycles. The quantitative estimate of drug-likeness (QED) is 0.153. The average molecular weight is 652 g/mol. The van der Waals surface area contributed by atoms with E-state index in [0.717, 1.165) is 13.3 Å². The number of amides is 3. The van der Waals surface area contributed by atoms with Crippen molar-refractivity contribution in [3.05, 3.63) is 41.6 Å². The molecular formula is C26H33N7O9S2. The van der Waals surface area contributed by atoms with Gasteiger partial charge < -0.3 is 30.7 Å². The molecule has 0 fully saturated rings. The number of benzene rings is 1. The number of thiazole rings is 1. The molecule has 1 unspecified atom stereocenters. The fourth-order valence-corrected chi connectivity index (χ4v) is 5.94. The Morgan fingerprint density at radius 3 is 2.50 bits per heavy atom.